The van der Waals surface area contributed by atoms with Crippen molar-refractivity contribution in [3.8, 4) is 0 Å². The molecule has 1 saturated carbocycles. The fraction of sp³-hybridized carbons (Fsp3) is 0.727. The Morgan fingerprint density at radius 1 is 1.39 bits per heavy atom. The largest absolute Gasteiger partial charge is 0.339 e. The molecule has 0 spiro atoms. The van der Waals surface area contributed by atoms with E-state index in [1.54, 1.807) is 0 Å². The van der Waals surface area contributed by atoms with Gasteiger partial charge in [0.05, 0.1) is 5.92 Å². The predicted octanol–water partition coefficient (Wildman–Crippen LogP) is 1.40. The maximum atomic E-state index is 11.7. The van der Waals surface area contributed by atoms with E-state index in [4.69, 9.17) is 4.52 Å². The number of ketones is 1. The summed E-state index contributed by atoms with van der Waals surface area (Å²) in [5.41, 5.74) is 0. The minimum absolute atomic E-state index is 0.100. The van der Waals surface area contributed by atoms with Crippen LogP contribution in [0.25, 0.3) is 0 Å². The number of hydrogen-bond donors (Lipinski definition) is 0. The van der Waals surface area contributed by atoms with Crippen LogP contribution in [-0.4, -0.2) is 30.6 Å². The van der Waals surface area contributed by atoms with E-state index in [-0.39, 0.29) is 23.4 Å². The first-order chi connectivity index (χ1) is 8.39. The van der Waals surface area contributed by atoms with Crippen LogP contribution in [0.1, 0.15) is 55.5 Å². The van der Waals surface area contributed by atoms with E-state index in [2.05, 4.69) is 10.1 Å². The Balaban J connectivity index is 2.22. The maximum absolute atomic E-state index is 11.7. The first kappa shape index (κ1) is 13.2. The molecule has 1 fully saturated rings. The van der Waals surface area contributed by atoms with Gasteiger partial charge >= 0.3 is 0 Å². The molecule has 1 aromatic heterocycles. The highest BCUT2D eigenvalue weighted by atomic mass is 32.2. The van der Waals surface area contributed by atoms with Crippen molar-refractivity contribution in [3.05, 3.63) is 11.7 Å². The number of sulfone groups is 1. The van der Waals surface area contributed by atoms with Crippen molar-refractivity contribution in [1.29, 1.82) is 0 Å². The minimum atomic E-state index is -3.26. The number of rotatable bonds is 3. The normalized spacial score (nSPS) is 23.0. The van der Waals surface area contributed by atoms with Crippen LogP contribution in [0.3, 0.4) is 0 Å². The van der Waals surface area contributed by atoms with Gasteiger partial charge in [-0.3, -0.25) is 4.79 Å². The lowest BCUT2D eigenvalue weighted by atomic mass is 9.88. The summed E-state index contributed by atoms with van der Waals surface area (Å²) in [5, 5.41) is 2.86. The Morgan fingerprint density at radius 2 is 2.11 bits per heavy atom. The van der Waals surface area contributed by atoms with Crippen molar-refractivity contribution in [3.63, 3.8) is 0 Å². The molecular weight excluding hydrogens is 256 g/mol. The summed E-state index contributed by atoms with van der Waals surface area (Å²) >= 11 is 0. The molecule has 0 amide bonds. The summed E-state index contributed by atoms with van der Waals surface area (Å²) in [4.78, 5) is 15.8. The summed E-state index contributed by atoms with van der Waals surface area (Å²) in [7, 11) is -3.26. The Kier molecular flexibility index (Phi) is 3.52. The van der Waals surface area contributed by atoms with Crippen LogP contribution < -0.4 is 0 Å². The Labute approximate surface area is 106 Å². The van der Waals surface area contributed by atoms with Crippen molar-refractivity contribution >= 4 is 15.6 Å². The Bertz CT molecular complexity index is 549. The maximum Gasteiger partial charge on any atom is 0.237 e. The van der Waals surface area contributed by atoms with Gasteiger partial charge in [0.2, 0.25) is 5.89 Å². The zero-order valence-corrected chi connectivity index (χ0v) is 11.2. The minimum Gasteiger partial charge on any atom is -0.339 e. The molecule has 2 atom stereocenters. The molecule has 18 heavy (non-hydrogen) atoms. The topological polar surface area (TPSA) is 90.1 Å². The van der Waals surface area contributed by atoms with Crippen LogP contribution in [0.2, 0.25) is 0 Å². The van der Waals surface area contributed by atoms with Gasteiger partial charge in [0.1, 0.15) is 11.0 Å². The Hall–Kier alpha value is -1.24. The fourth-order valence-corrected chi connectivity index (χ4v) is 2.47. The summed E-state index contributed by atoms with van der Waals surface area (Å²) in [5.74, 6) is 0.131. The SMILES string of the molecule is CC(c1noc(C2CCCCC2=O)n1)S(C)(=O)=O. The highest BCUT2D eigenvalue weighted by Gasteiger charge is 2.31. The quantitative estimate of drug-likeness (QED) is 0.826. The molecule has 0 bridgehead atoms. The lowest BCUT2D eigenvalue weighted by molar-refractivity contribution is -0.122. The number of aromatic nitrogens is 2. The van der Waals surface area contributed by atoms with Crippen molar-refractivity contribution in [2.75, 3.05) is 6.26 Å². The summed E-state index contributed by atoms with van der Waals surface area (Å²) in [6, 6.07) is 0. The number of carbonyl (C=O) groups excluding carboxylic acids is 1. The predicted molar refractivity (Wildman–Crippen MR) is 63.8 cm³/mol. The first-order valence-electron chi connectivity index (χ1n) is 5.94. The van der Waals surface area contributed by atoms with Crippen LogP contribution >= 0.6 is 0 Å². The number of Topliss-reactive ketones (excluding diaryl/α,β-unsaturated/α-hetero) is 1. The Morgan fingerprint density at radius 3 is 2.72 bits per heavy atom. The second-order valence-electron chi connectivity index (χ2n) is 4.73. The third kappa shape index (κ3) is 2.60. The second kappa shape index (κ2) is 4.79. The van der Waals surface area contributed by atoms with Gasteiger partial charge in [0.15, 0.2) is 15.7 Å². The molecule has 1 aromatic rings. The van der Waals surface area contributed by atoms with E-state index in [1.165, 1.54) is 6.92 Å². The molecule has 7 heteroatoms. The number of nitrogens with zero attached hydrogens (tertiary/aromatic N) is 2. The zero-order valence-electron chi connectivity index (χ0n) is 10.4. The zero-order chi connectivity index (χ0) is 13.3. The molecule has 1 aliphatic rings. The van der Waals surface area contributed by atoms with Crippen LogP contribution in [0.4, 0.5) is 0 Å². The van der Waals surface area contributed by atoms with E-state index in [1.807, 2.05) is 0 Å². The van der Waals surface area contributed by atoms with Crippen molar-refractivity contribution in [2.45, 2.75) is 43.8 Å². The number of carbonyl (C=O) groups is 1. The molecule has 2 unspecified atom stereocenters. The number of hydrogen-bond acceptors (Lipinski definition) is 6. The fourth-order valence-electron chi connectivity index (χ4n) is 1.99. The van der Waals surface area contributed by atoms with E-state index in [0.29, 0.717) is 12.8 Å². The summed E-state index contributed by atoms with van der Waals surface area (Å²) in [6.45, 7) is 1.51. The van der Waals surface area contributed by atoms with E-state index in [9.17, 15) is 13.2 Å². The average molecular weight is 272 g/mol. The van der Waals surface area contributed by atoms with Crippen LogP contribution in [-0.2, 0) is 14.6 Å². The molecule has 0 saturated heterocycles. The third-order valence-corrected chi connectivity index (χ3v) is 4.81. The van der Waals surface area contributed by atoms with Crippen molar-refractivity contribution in [1.82, 2.24) is 10.1 Å². The van der Waals surface area contributed by atoms with Gasteiger partial charge in [-0.05, 0) is 19.8 Å². The molecule has 0 radical (unpaired) electrons. The van der Waals surface area contributed by atoms with Gasteiger partial charge in [-0.15, -0.1) is 0 Å². The monoisotopic (exact) mass is 272 g/mol. The molecule has 1 heterocycles. The van der Waals surface area contributed by atoms with Crippen molar-refractivity contribution in [2.24, 2.45) is 0 Å². The van der Waals surface area contributed by atoms with Gasteiger partial charge < -0.3 is 4.52 Å². The van der Waals surface area contributed by atoms with E-state index >= 15 is 0 Å². The van der Waals surface area contributed by atoms with E-state index < -0.39 is 15.1 Å². The average Bonchev–Trinajstić information content (AvgIpc) is 2.76. The standard InChI is InChI=1S/C11H16N2O4S/c1-7(18(2,15)16)10-12-11(17-13-10)8-5-3-4-6-9(8)14/h7-8H,3-6H2,1-2H3. The summed E-state index contributed by atoms with van der Waals surface area (Å²) < 4.78 is 27.8. The first-order valence-corrected chi connectivity index (χ1v) is 7.90. The molecule has 1 aliphatic carbocycles. The lowest BCUT2D eigenvalue weighted by Gasteiger charge is -2.16. The van der Waals surface area contributed by atoms with E-state index in [0.717, 1.165) is 19.1 Å². The smallest absolute Gasteiger partial charge is 0.237 e. The summed E-state index contributed by atoms with van der Waals surface area (Å²) in [6.07, 6.45) is 4.21. The van der Waals surface area contributed by atoms with Crippen molar-refractivity contribution < 1.29 is 17.7 Å². The lowest BCUT2D eigenvalue weighted by Crippen LogP contribution is -2.17. The molecule has 0 aliphatic heterocycles. The molecule has 0 N–H and O–H groups in total. The van der Waals surface area contributed by atoms with Gasteiger partial charge in [-0.1, -0.05) is 11.6 Å². The highest BCUT2D eigenvalue weighted by molar-refractivity contribution is 7.90. The molecule has 6 nitrogen and oxygen atoms in total. The van der Waals surface area contributed by atoms with Gasteiger partial charge in [-0.25, -0.2) is 8.42 Å². The van der Waals surface area contributed by atoms with Gasteiger partial charge in [0.25, 0.3) is 0 Å². The van der Waals surface area contributed by atoms with Crippen LogP contribution in [0.5, 0.6) is 0 Å². The van der Waals surface area contributed by atoms with Gasteiger partial charge in [-0.2, -0.15) is 4.98 Å². The molecule has 2 rings (SSSR count). The third-order valence-electron chi connectivity index (χ3n) is 3.32. The van der Waals surface area contributed by atoms with Crippen LogP contribution in [0, 0.1) is 0 Å². The van der Waals surface area contributed by atoms with Gasteiger partial charge in [0, 0.05) is 12.7 Å². The second-order valence-corrected chi connectivity index (χ2v) is 7.09. The van der Waals surface area contributed by atoms with Crippen LogP contribution in [0.15, 0.2) is 4.52 Å². The molecule has 100 valence electrons. The molecular formula is C11H16N2O4S. The molecule has 0 aromatic carbocycles. The highest BCUT2D eigenvalue weighted by Crippen LogP contribution is 2.30.